The van der Waals surface area contributed by atoms with E-state index in [1.54, 1.807) is 12.1 Å². The summed E-state index contributed by atoms with van der Waals surface area (Å²) < 4.78 is 1.82. The molecule has 0 aliphatic carbocycles. The van der Waals surface area contributed by atoms with Crippen molar-refractivity contribution in [2.45, 2.75) is 6.92 Å². The normalized spacial score (nSPS) is 10.2. The lowest BCUT2D eigenvalue weighted by molar-refractivity contribution is 0.111. The highest BCUT2D eigenvalue weighted by Crippen LogP contribution is 2.24. The van der Waals surface area contributed by atoms with Gasteiger partial charge in [-0.25, -0.2) is 0 Å². The van der Waals surface area contributed by atoms with Crippen LogP contribution < -0.4 is 0 Å². The van der Waals surface area contributed by atoms with E-state index in [1.165, 1.54) is 0 Å². The van der Waals surface area contributed by atoms with Crippen LogP contribution in [0.25, 0.3) is 10.9 Å². The summed E-state index contributed by atoms with van der Waals surface area (Å²) in [5, 5.41) is 9.82. The number of aryl methyl sites for hydroxylation is 2. The van der Waals surface area contributed by atoms with Crippen LogP contribution in [0.3, 0.4) is 0 Å². The number of fused-ring (bicyclic) bond motifs is 1. The molecule has 15 heavy (non-hydrogen) atoms. The molecule has 0 saturated heterocycles. The van der Waals surface area contributed by atoms with E-state index in [0.717, 1.165) is 22.8 Å². The Morgan fingerprint density at radius 1 is 1.47 bits per heavy atom. The highest BCUT2D eigenvalue weighted by molar-refractivity contribution is 5.93. The van der Waals surface area contributed by atoms with Gasteiger partial charge in [0.15, 0.2) is 6.29 Å². The number of aromatic nitrogens is 1. The Morgan fingerprint density at radius 2 is 2.20 bits per heavy atom. The fourth-order valence-corrected chi connectivity index (χ4v) is 1.88. The molecule has 1 aromatic carbocycles. The fraction of sp³-hybridized carbons (Fsp3) is 0.167. The van der Waals surface area contributed by atoms with Crippen molar-refractivity contribution in [1.82, 2.24) is 4.57 Å². The molecule has 0 N–H and O–H groups in total. The Kier molecular flexibility index (Phi) is 2.05. The molecule has 3 heteroatoms. The maximum absolute atomic E-state index is 10.9. The zero-order valence-electron chi connectivity index (χ0n) is 8.61. The van der Waals surface area contributed by atoms with Crippen LogP contribution in [0.15, 0.2) is 18.2 Å². The molecule has 0 saturated carbocycles. The molecular weight excluding hydrogens is 188 g/mol. The zero-order chi connectivity index (χ0) is 11.0. The van der Waals surface area contributed by atoms with Gasteiger partial charge < -0.3 is 4.57 Å². The standard InChI is InChI=1S/C12H10N2O/c1-8-10-4-3-9(6-13)5-11(10)14(2)12(8)7-15/h3-5,7H,1-2H3. The number of aldehydes is 1. The number of nitriles is 1. The van der Waals surface area contributed by atoms with Crippen molar-refractivity contribution in [2.75, 3.05) is 0 Å². The van der Waals surface area contributed by atoms with Crippen LogP contribution in [0.4, 0.5) is 0 Å². The smallest absolute Gasteiger partial charge is 0.166 e. The van der Waals surface area contributed by atoms with Crippen LogP contribution >= 0.6 is 0 Å². The van der Waals surface area contributed by atoms with Gasteiger partial charge in [-0.05, 0) is 24.6 Å². The number of carbonyl (C=O) groups excluding carboxylic acids is 1. The number of nitrogens with zero attached hydrogens (tertiary/aromatic N) is 2. The van der Waals surface area contributed by atoms with Crippen LogP contribution in [-0.2, 0) is 7.05 Å². The number of hydrogen-bond acceptors (Lipinski definition) is 2. The second kappa shape index (κ2) is 3.25. The third kappa shape index (κ3) is 1.23. The van der Waals surface area contributed by atoms with Gasteiger partial charge in [-0.3, -0.25) is 4.79 Å². The molecule has 0 unspecified atom stereocenters. The summed E-state index contributed by atoms with van der Waals surface area (Å²) in [6.45, 7) is 1.91. The number of carbonyl (C=O) groups is 1. The van der Waals surface area contributed by atoms with Gasteiger partial charge in [-0.2, -0.15) is 5.26 Å². The molecule has 0 radical (unpaired) electrons. The average Bonchev–Trinajstić information content (AvgIpc) is 2.51. The third-order valence-corrected chi connectivity index (χ3v) is 2.75. The lowest BCUT2D eigenvalue weighted by Crippen LogP contribution is -1.94. The van der Waals surface area contributed by atoms with E-state index in [9.17, 15) is 4.79 Å². The number of hydrogen-bond donors (Lipinski definition) is 0. The molecule has 1 aromatic heterocycles. The summed E-state index contributed by atoms with van der Waals surface area (Å²) in [6.07, 6.45) is 0.849. The monoisotopic (exact) mass is 198 g/mol. The Balaban J connectivity index is 2.91. The van der Waals surface area contributed by atoms with E-state index < -0.39 is 0 Å². The molecule has 74 valence electrons. The van der Waals surface area contributed by atoms with Crippen LogP contribution in [0, 0.1) is 18.3 Å². The molecule has 0 spiro atoms. The summed E-state index contributed by atoms with van der Waals surface area (Å²) >= 11 is 0. The Hall–Kier alpha value is -2.08. The second-order valence-corrected chi connectivity index (χ2v) is 3.53. The van der Waals surface area contributed by atoms with E-state index in [-0.39, 0.29) is 0 Å². The number of rotatable bonds is 1. The van der Waals surface area contributed by atoms with Crippen molar-refractivity contribution in [3.8, 4) is 6.07 Å². The summed E-state index contributed by atoms with van der Waals surface area (Å²) in [4.78, 5) is 10.9. The van der Waals surface area contributed by atoms with Gasteiger partial charge in [0, 0.05) is 18.0 Å². The summed E-state index contributed by atoms with van der Waals surface area (Å²) in [7, 11) is 1.83. The van der Waals surface area contributed by atoms with Gasteiger partial charge in [0.25, 0.3) is 0 Å². The molecule has 0 aliphatic heterocycles. The first-order valence-corrected chi connectivity index (χ1v) is 4.63. The summed E-state index contributed by atoms with van der Waals surface area (Å²) in [5.41, 5.74) is 3.17. The minimum Gasteiger partial charge on any atom is -0.341 e. The topological polar surface area (TPSA) is 45.8 Å². The maximum atomic E-state index is 10.9. The van der Waals surface area contributed by atoms with Crippen molar-refractivity contribution in [1.29, 1.82) is 5.26 Å². The molecular formula is C12H10N2O. The van der Waals surface area contributed by atoms with Gasteiger partial charge in [0.05, 0.1) is 17.3 Å². The molecule has 0 amide bonds. The molecule has 0 fully saturated rings. The van der Waals surface area contributed by atoms with Crippen molar-refractivity contribution >= 4 is 17.2 Å². The van der Waals surface area contributed by atoms with E-state index in [4.69, 9.17) is 5.26 Å². The van der Waals surface area contributed by atoms with Crippen molar-refractivity contribution in [3.05, 3.63) is 35.0 Å². The molecule has 0 bridgehead atoms. The van der Waals surface area contributed by atoms with Gasteiger partial charge in [0.2, 0.25) is 0 Å². The highest BCUT2D eigenvalue weighted by Gasteiger charge is 2.10. The first-order chi connectivity index (χ1) is 7.19. The van der Waals surface area contributed by atoms with Crippen LogP contribution in [0.2, 0.25) is 0 Å². The lowest BCUT2D eigenvalue weighted by atomic mass is 10.1. The Morgan fingerprint density at radius 3 is 2.80 bits per heavy atom. The minimum absolute atomic E-state index is 0.612. The van der Waals surface area contributed by atoms with Crippen molar-refractivity contribution in [3.63, 3.8) is 0 Å². The highest BCUT2D eigenvalue weighted by atomic mass is 16.1. The molecule has 1 heterocycles. The van der Waals surface area contributed by atoms with Crippen LogP contribution in [-0.4, -0.2) is 10.9 Å². The molecule has 2 rings (SSSR count). The van der Waals surface area contributed by atoms with E-state index in [1.807, 2.05) is 24.6 Å². The maximum Gasteiger partial charge on any atom is 0.166 e. The fourth-order valence-electron chi connectivity index (χ4n) is 1.88. The van der Waals surface area contributed by atoms with Crippen LogP contribution in [0.5, 0.6) is 0 Å². The molecule has 2 aromatic rings. The van der Waals surface area contributed by atoms with Gasteiger partial charge in [0.1, 0.15) is 0 Å². The van der Waals surface area contributed by atoms with E-state index in [0.29, 0.717) is 11.3 Å². The van der Waals surface area contributed by atoms with Gasteiger partial charge in [-0.15, -0.1) is 0 Å². The van der Waals surface area contributed by atoms with Crippen molar-refractivity contribution < 1.29 is 4.79 Å². The van der Waals surface area contributed by atoms with E-state index in [2.05, 4.69) is 6.07 Å². The van der Waals surface area contributed by atoms with E-state index >= 15 is 0 Å². The second-order valence-electron chi connectivity index (χ2n) is 3.53. The minimum atomic E-state index is 0.612. The van der Waals surface area contributed by atoms with Gasteiger partial charge in [-0.1, -0.05) is 6.07 Å². The molecule has 0 atom stereocenters. The first-order valence-electron chi connectivity index (χ1n) is 4.63. The predicted octanol–water partition coefficient (Wildman–Crippen LogP) is 2.17. The average molecular weight is 198 g/mol. The quantitative estimate of drug-likeness (QED) is 0.659. The van der Waals surface area contributed by atoms with Crippen LogP contribution in [0.1, 0.15) is 21.6 Å². The predicted molar refractivity (Wildman–Crippen MR) is 57.8 cm³/mol. The largest absolute Gasteiger partial charge is 0.341 e. The molecule has 3 nitrogen and oxygen atoms in total. The molecule has 0 aliphatic rings. The SMILES string of the molecule is Cc1c(C=O)n(C)c2cc(C#N)ccc12. The Bertz CT molecular complexity index is 588. The number of benzene rings is 1. The van der Waals surface area contributed by atoms with Crippen molar-refractivity contribution in [2.24, 2.45) is 7.05 Å². The summed E-state index contributed by atoms with van der Waals surface area (Å²) in [6, 6.07) is 7.55. The Labute approximate surface area is 87.5 Å². The summed E-state index contributed by atoms with van der Waals surface area (Å²) in [5.74, 6) is 0. The van der Waals surface area contributed by atoms with Gasteiger partial charge >= 0.3 is 0 Å². The lowest BCUT2D eigenvalue weighted by Gasteiger charge is -1.97. The zero-order valence-corrected chi connectivity index (χ0v) is 8.61. The third-order valence-electron chi connectivity index (χ3n) is 2.75. The first kappa shape index (κ1) is 9.47.